The molecule has 2 aromatic carbocycles. The molecule has 2 heterocycles. The van der Waals surface area contributed by atoms with Gasteiger partial charge in [0.15, 0.2) is 11.6 Å². The molecule has 0 aliphatic rings. The fraction of sp³-hybridized carbons (Fsp3) is 0.154. The molecule has 0 fully saturated rings. The molecule has 3 N–H and O–H groups in total. The summed E-state index contributed by atoms with van der Waals surface area (Å²) in [5.41, 5.74) is 3.78. The molecular weight excluding hydrogens is 513 g/mol. The van der Waals surface area contributed by atoms with Crippen molar-refractivity contribution in [3.8, 4) is 17.2 Å². The summed E-state index contributed by atoms with van der Waals surface area (Å²) in [5.74, 6) is -1.50. The number of rotatable bonds is 9. The Balaban J connectivity index is 1.41. The summed E-state index contributed by atoms with van der Waals surface area (Å²) >= 11 is 1.17. The molecule has 4 aromatic rings. The molecule has 0 unspecified atom stereocenters. The Labute approximate surface area is 221 Å². The third kappa shape index (κ3) is 6.41. The van der Waals surface area contributed by atoms with Crippen LogP contribution in [0.4, 0.5) is 15.8 Å². The normalized spacial score (nSPS) is 10.8. The zero-order valence-corrected chi connectivity index (χ0v) is 21.5. The lowest BCUT2D eigenvalue weighted by Gasteiger charge is -2.11. The molecule has 0 spiro atoms. The molecule has 12 heteroatoms. The largest absolute Gasteiger partial charge is 0.495 e. The van der Waals surface area contributed by atoms with E-state index >= 15 is 0 Å². The number of hydrazine groups is 1. The second-order valence-electron chi connectivity index (χ2n) is 8.19. The smallest absolute Gasteiger partial charge is 0.275 e. The maximum atomic E-state index is 14.8. The van der Waals surface area contributed by atoms with Crippen molar-refractivity contribution in [3.05, 3.63) is 71.5 Å². The molecule has 4 rings (SSSR count). The predicted octanol–water partition coefficient (Wildman–Crippen LogP) is 4.41. The fourth-order valence-electron chi connectivity index (χ4n) is 3.44. The third-order valence-corrected chi connectivity index (χ3v) is 6.20. The molecule has 0 bridgehead atoms. The number of halogens is 1. The number of hydrogen-bond acceptors (Lipinski definition) is 8. The monoisotopic (exact) mass is 537 g/mol. The van der Waals surface area contributed by atoms with Crippen molar-refractivity contribution in [2.45, 2.75) is 6.42 Å². The van der Waals surface area contributed by atoms with Crippen molar-refractivity contribution >= 4 is 50.6 Å². The van der Waals surface area contributed by atoms with Crippen LogP contribution in [0.2, 0.25) is 0 Å². The van der Waals surface area contributed by atoms with Crippen LogP contribution in [0.3, 0.4) is 0 Å². The summed E-state index contributed by atoms with van der Waals surface area (Å²) in [6, 6.07) is 13.9. The van der Waals surface area contributed by atoms with E-state index in [1.165, 1.54) is 41.8 Å². The SMILES string of the molecule is COc1ccccc1NC(=O)CC(=O)Nc1ccc(Oc2ccnc3cc(C(=O)NN(C)C)sc23)c(F)c1. The minimum atomic E-state index is -0.728. The number of nitrogens with one attached hydrogen (secondary N) is 3. The van der Waals surface area contributed by atoms with Gasteiger partial charge >= 0.3 is 0 Å². The van der Waals surface area contributed by atoms with Crippen LogP contribution >= 0.6 is 11.3 Å². The number of anilines is 2. The highest BCUT2D eigenvalue weighted by Gasteiger charge is 2.17. The standard InChI is InChI=1S/C26H24FN5O5S/c1-32(2)31-26(35)22-13-18-25(38-22)21(10-11-28-18)37-19-9-8-15(12-16(19)27)29-23(33)14-24(34)30-17-6-4-5-7-20(17)36-3/h4-13H,14H2,1-3H3,(H,29,33)(H,30,34)(H,31,35). The number of aromatic nitrogens is 1. The van der Waals surface area contributed by atoms with Crippen LogP contribution in [0.5, 0.6) is 17.2 Å². The Hall–Kier alpha value is -4.55. The number of pyridine rings is 1. The number of methoxy groups -OCH3 is 1. The second kappa shape index (κ2) is 11.7. The van der Waals surface area contributed by atoms with E-state index in [1.807, 2.05) is 0 Å². The zero-order chi connectivity index (χ0) is 27.2. The minimum absolute atomic E-state index is 0.0860. The second-order valence-corrected chi connectivity index (χ2v) is 9.24. The number of carbonyl (C=O) groups is 3. The Kier molecular flexibility index (Phi) is 8.14. The van der Waals surface area contributed by atoms with Gasteiger partial charge in [0.2, 0.25) is 11.8 Å². The van der Waals surface area contributed by atoms with E-state index in [0.717, 1.165) is 6.07 Å². The number of para-hydroxylation sites is 2. The number of benzene rings is 2. The van der Waals surface area contributed by atoms with Gasteiger partial charge in [-0.15, -0.1) is 11.3 Å². The van der Waals surface area contributed by atoms with Crippen LogP contribution in [0.1, 0.15) is 16.1 Å². The van der Waals surface area contributed by atoms with E-state index in [4.69, 9.17) is 9.47 Å². The fourth-order valence-corrected chi connectivity index (χ4v) is 4.39. The summed E-state index contributed by atoms with van der Waals surface area (Å²) in [5, 5.41) is 6.63. The lowest BCUT2D eigenvalue weighted by molar-refractivity contribution is -0.123. The predicted molar refractivity (Wildman–Crippen MR) is 142 cm³/mol. The van der Waals surface area contributed by atoms with Crippen molar-refractivity contribution in [1.82, 2.24) is 15.4 Å². The van der Waals surface area contributed by atoms with E-state index in [-0.39, 0.29) is 17.3 Å². The average Bonchev–Trinajstić information content (AvgIpc) is 3.31. The van der Waals surface area contributed by atoms with Crippen molar-refractivity contribution in [1.29, 1.82) is 0 Å². The molecule has 0 saturated heterocycles. The lowest BCUT2D eigenvalue weighted by Crippen LogP contribution is -2.35. The van der Waals surface area contributed by atoms with Crippen molar-refractivity contribution in [2.24, 2.45) is 0 Å². The maximum Gasteiger partial charge on any atom is 0.275 e. The van der Waals surface area contributed by atoms with Crippen LogP contribution in [0, 0.1) is 5.82 Å². The summed E-state index contributed by atoms with van der Waals surface area (Å²) < 4.78 is 26.4. The first-order valence-electron chi connectivity index (χ1n) is 11.3. The first-order chi connectivity index (χ1) is 18.2. The van der Waals surface area contributed by atoms with E-state index in [9.17, 15) is 18.8 Å². The van der Waals surface area contributed by atoms with Gasteiger partial charge in [-0.1, -0.05) is 12.1 Å². The van der Waals surface area contributed by atoms with Crippen LogP contribution in [0.15, 0.2) is 60.8 Å². The third-order valence-electron chi connectivity index (χ3n) is 5.06. The molecule has 0 radical (unpaired) electrons. The van der Waals surface area contributed by atoms with Crippen molar-refractivity contribution in [3.63, 3.8) is 0 Å². The summed E-state index contributed by atoms with van der Waals surface area (Å²) in [6.07, 6.45) is 1.02. The van der Waals surface area contributed by atoms with Crippen LogP contribution < -0.4 is 25.5 Å². The van der Waals surface area contributed by atoms with Crippen LogP contribution in [-0.2, 0) is 9.59 Å². The lowest BCUT2D eigenvalue weighted by atomic mass is 10.2. The molecule has 196 valence electrons. The number of ether oxygens (including phenoxy) is 2. The van der Waals surface area contributed by atoms with Gasteiger partial charge in [0, 0.05) is 38.1 Å². The van der Waals surface area contributed by atoms with Crippen molar-refractivity contribution in [2.75, 3.05) is 31.8 Å². The molecule has 0 atom stereocenters. The van der Waals surface area contributed by atoms with Gasteiger partial charge in [-0.2, -0.15) is 0 Å². The van der Waals surface area contributed by atoms with Gasteiger partial charge in [0.05, 0.1) is 27.9 Å². The molecule has 10 nitrogen and oxygen atoms in total. The highest BCUT2D eigenvalue weighted by Crippen LogP contribution is 2.36. The quantitative estimate of drug-likeness (QED) is 0.214. The van der Waals surface area contributed by atoms with E-state index < -0.39 is 24.1 Å². The van der Waals surface area contributed by atoms with Gasteiger partial charge in [-0.25, -0.2) is 9.40 Å². The molecule has 0 aliphatic carbocycles. The summed E-state index contributed by atoms with van der Waals surface area (Å²) in [6.45, 7) is 0. The molecule has 38 heavy (non-hydrogen) atoms. The van der Waals surface area contributed by atoms with E-state index in [2.05, 4.69) is 21.0 Å². The Morgan fingerprint density at radius 1 is 0.974 bits per heavy atom. The maximum absolute atomic E-state index is 14.8. The number of fused-ring (bicyclic) bond motifs is 1. The number of nitrogens with zero attached hydrogens (tertiary/aromatic N) is 2. The zero-order valence-electron chi connectivity index (χ0n) is 20.7. The molecule has 0 aliphatic heterocycles. The summed E-state index contributed by atoms with van der Waals surface area (Å²) in [7, 11) is 4.87. The minimum Gasteiger partial charge on any atom is -0.495 e. The molecule has 2 aromatic heterocycles. The van der Waals surface area contributed by atoms with Gasteiger partial charge in [-0.05, 0) is 30.3 Å². The topological polar surface area (TPSA) is 122 Å². The highest BCUT2D eigenvalue weighted by molar-refractivity contribution is 7.21. The van der Waals surface area contributed by atoms with Gasteiger partial charge in [0.1, 0.15) is 17.9 Å². The Morgan fingerprint density at radius 2 is 1.74 bits per heavy atom. The van der Waals surface area contributed by atoms with Crippen molar-refractivity contribution < 1.29 is 28.2 Å². The highest BCUT2D eigenvalue weighted by atomic mass is 32.1. The van der Waals surface area contributed by atoms with Gasteiger partial charge in [0.25, 0.3) is 5.91 Å². The molecule has 3 amide bonds. The van der Waals surface area contributed by atoms with Crippen LogP contribution in [-0.4, -0.2) is 48.9 Å². The number of carbonyl (C=O) groups excluding carboxylic acids is 3. The first kappa shape index (κ1) is 26.5. The van der Waals surface area contributed by atoms with E-state index in [1.54, 1.807) is 50.5 Å². The number of hydrogen-bond donors (Lipinski definition) is 3. The van der Waals surface area contributed by atoms with Gasteiger partial charge in [-0.3, -0.25) is 24.8 Å². The Bertz CT molecular complexity index is 1510. The summed E-state index contributed by atoms with van der Waals surface area (Å²) in [4.78, 5) is 41.6. The Morgan fingerprint density at radius 3 is 2.47 bits per heavy atom. The molecule has 0 saturated carbocycles. The van der Waals surface area contributed by atoms with Crippen LogP contribution in [0.25, 0.3) is 10.2 Å². The number of thiophene rings is 1. The average molecular weight is 538 g/mol. The molecular formula is C26H24FN5O5S. The van der Waals surface area contributed by atoms with E-state index in [0.29, 0.717) is 32.3 Å². The van der Waals surface area contributed by atoms with Gasteiger partial charge < -0.3 is 20.1 Å². The number of amides is 3. The first-order valence-corrected chi connectivity index (χ1v) is 12.1.